The summed E-state index contributed by atoms with van der Waals surface area (Å²) in [4.78, 5) is 15.3. The van der Waals surface area contributed by atoms with Crippen LogP contribution in [0.5, 0.6) is 0 Å². The highest BCUT2D eigenvalue weighted by atomic mass is 32.2. The van der Waals surface area contributed by atoms with Gasteiger partial charge in [0.25, 0.3) is 5.91 Å². The second-order valence-corrected chi connectivity index (χ2v) is 11.5. The van der Waals surface area contributed by atoms with Crippen LogP contribution in [-0.2, 0) is 27.8 Å². The summed E-state index contributed by atoms with van der Waals surface area (Å²) in [6.07, 6.45) is 2.01. The molecule has 2 saturated heterocycles. The number of carbonyl (C=O) groups excluding carboxylic acids is 1. The topological polar surface area (TPSA) is 79.0 Å². The standard InChI is InChI=1S/C26H35N3O4S/c1-20-10-12-29(13-11-20)34(31,32)25-8-6-24(7-9-25)26(30)27-17-22-4-3-5-23(16-22)19-28-14-15-33-21(2)18-28/h3-9,16,20-21H,10-15,17-19H2,1-2H3,(H,27,30). The molecule has 2 heterocycles. The van der Waals surface area contributed by atoms with E-state index in [-0.39, 0.29) is 16.9 Å². The van der Waals surface area contributed by atoms with Crippen LogP contribution < -0.4 is 5.32 Å². The van der Waals surface area contributed by atoms with Gasteiger partial charge in [0, 0.05) is 44.8 Å². The van der Waals surface area contributed by atoms with Crippen molar-refractivity contribution >= 4 is 15.9 Å². The maximum atomic E-state index is 12.9. The van der Waals surface area contributed by atoms with Crippen LogP contribution in [0.1, 0.15) is 48.2 Å². The molecule has 0 aromatic heterocycles. The molecule has 1 unspecified atom stereocenters. The van der Waals surface area contributed by atoms with Gasteiger partial charge in [-0.2, -0.15) is 4.31 Å². The Hall–Kier alpha value is -2.26. The highest BCUT2D eigenvalue weighted by molar-refractivity contribution is 7.89. The fourth-order valence-electron chi connectivity index (χ4n) is 4.57. The fourth-order valence-corrected chi connectivity index (χ4v) is 6.04. The zero-order valence-corrected chi connectivity index (χ0v) is 20.9. The van der Waals surface area contributed by atoms with Gasteiger partial charge in [0.2, 0.25) is 10.0 Å². The van der Waals surface area contributed by atoms with Crippen molar-refractivity contribution in [2.24, 2.45) is 5.92 Å². The minimum Gasteiger partial charge on any atom is -0.376 e. The second-order valence-electron chi connectivity index (χ2n) is 9.53. The lowest BCUT2D eigenvalue weighted by molar-refractivity contribution is -0.0212. The number of ether oxygens (including phenoxy) is 1. The van der Waals surface area contributed by atoms with E-state index in [1.54, 1.807) is 16.4 Å². The molecule has 2 aliphatic heterocycles. The van der Waals surface area contributed by atoms with Gasteiger partial charge >= 0.3 is 0 Å². The van der Waals surface area contributed by atoms with Crippen molar-refractivity contribution in [2.75, 3.05) is 32.8 Å². The summed E-state index contributed by atoms with van der Waals surface area (Å²) in [6.45, 7) is 9.22. The van der Waals surface area contributed by atoms with E-state index in [1.807, 2.05) is 12.1 Å². The van der Waals surface area contributed by atoms with Gasteiger partial charge in [0.1, 0.15) is 0 Å². The Bertz CT molecular complexity index is 1080. The van der Waals surface area contributed by atoms with Crippen LogP contribution in [0.4, 0.5) is 0 Å². The van der Waals surface area contributed by atoms with E-state index < -0.39 is 10.0 Å². The van der Waals surface area contributed by atoms with Crippen molar-refractivity contribution in [1.82, 2.24) is 14.5 Å². The molecule has 4 rings (SSSR count). The van der Waals surface area contributed by atoms with Gasteiger partial charge in [-0.1, -0.05) is 31.2 Å². The van der Waals surface area contributed by atoms with Crippen LogP contribution in [0.15, 0.2) is 53.4 Å². The maximum absolute atomic E-state index is 12.9. The summed E-state index contributed by atoms with van der Waals surface area (Å²) < 4.78 is 32.9. The molecule has 0 saturated carbocycles. The second kappa shape index (κ2) is 11.0. The van der Waals surface area contributed by atoms with Gasteiger partial charge in [-0.05, 0) is 61.1 Å². The first-order valence-electron chi connectivity index (χ1n) is 12.1. The third kappa shape index (κ3) is 6.24. The summed E-state index contributed by atoms with van der Waals surface area (Å²) in [5.41, 5.74) is 2.69. The lowest BCUT2D eigenvalue weighted by Crippen LogP contribution is -2.40. The Labute approximate surface area is 203 Å². The number of sulfonamides is 1. The summed E-state index contributed by atoms with van der Waals surface area (Å²) >= 11 is 0. The molecule has 0 bridgehead atoms. The fraction of sp³-hybridized carbons (Fsp3) is 0.500. The molecule has 1 atom stereocenters. The Morgan fingerprint density at radius 3 is 2.44 bits per heavy atom. The number of hydrogen-bond acceptors (Lipinski definition) is 5. The summed E-state index contributed by atoms with van der Waals surface area (Å²) in [5, 5.41) is 2.95. The maximum Gasteiger partial charge on any atom is 0.251 e. The van der Waals surface area contributed by atoms with Gasteiger partial charge in [0.05, 0.1) is 17.6 Å². The monoisotopic (exact) mass is 485 g/mol. The Morgan fingerprint density at radius 2 is 1.74 bits per heavy atom. The van der Waals surface area contributed by atoms with Gasteiger partial charge in [0.15, 0.2) is 0 Å². The van der Waals surface area contributed by atoms with Crippen molar-refractivity contribution in [3.05, 3.63) is 65.2 Å². The van der Waals surface area contributed by atoms with E-state index in [9.17, 15) is 13.2 Å². The van der Waals surface area contributed by atoms with Crippen LogP contribution in [0, 0.1) is 5.92 Å². The van der Waals surface area contributed by atoms with Crippen molar-refractivity contribution in [2.45, 2.75) is 50.8 Å². The van der Waals surface area contributed by atoms with E-state index in [0.717, 1.165) is 44.6 Å². The summed E-state index contributed by atoms with van der Waals surface area (Å²) in [6, 6.07) is 14.5. The largest absolute Gasteiger partial charge is 0.376 e. The minimum absolute atomic E-state index is 0.219. The smallest absolute Gasteiger partial charge is 0.251 e. The number of morpholine rings is 1. The normalized spacial score (nSPS) is 20.8. The number of rotatable bonds is 7. The molecule has 0 spiro atoms. The molecule has 1 amide bonds. The third-order valence-electron chi connectivity index (χ3n) is 6.67. The number of benzene rings is 2. The number of nitrogens with zero attached hydrogens (tertiary/aromatic N) is 2. The average molecular weight is 486 g/mol. The molecule has 2 fully saturated rings. The quantitative estimate of drug-likeness (QED) is 0.651. The molecule has 0 radical (unpaired) electrons. The van der Waals surface area contributed by atoms with Crippen molar-refractivity contribution in [3.8, 4) is 0 Å². The Morgan fingerprint density at radius 1 is 1.03 bits per heavy atom. The van der Waals surface area contributed by atoms with E-state index >= 15 is 0 Å². The molecule has 8 heteroatoms. The summed E-state index contributed by atoms with van der Waals surface area (Å²) in [7, 11) is -3.51. The first kappa shape index (κ1) is 24.9. The van der Waals surface area contributed by atoms with Gasteiger partial charge < -0.3 is 10.1 Å². The number of hydrogen-bond donors (Lipinski definition) is 1. The van der Waals surface area contributed by atoms with Crippen LogP contribution in [0.25, 0.3) is 0 Å². The minimum atomic E-state index is -3.51. The van der Waals surface area contributed by atoms with Gasteiger partial charge in [-0.25, -0.2) is 8.42 Å². The molecular formula is C26H35N3O4S. The number of piperidine rings is 1. The van der Waals surface area contributed by atoms with Gasteiger partial charge in [-0.15, -0.1) is 0 Å². The van der Waals surface area contributed by atoms with E-state index in [2.05, 4.69) is 36.2 Å². The molecule has 34 heavy (non-hydrogen) atoms. The number of nitrogens with one attached hydrogen (secondary N) is 1. The predicted molar refractivity (Wildman–Crippen MR) is 132 cm³/mol. The van der Waals surface area contributed by atoms with Crippen LogP contribution >= 0.6 is 0 Å². The zero-order chi connectivity index (χ0) is 24.1. The molecule has 184 valence electrons. The van der Waals surface area contributed by atoms with Crippen LogP contribution in [0.3, 0.4) is 0 Å². The van der Waals surface area contributed by atoms with Gasteiger partial charge in [-0.3, -0.25) is 9.69 Å². The molecule has 1 N–H and O–H groups in total. The van der Waals surface area contributed by atoms with E-state index in [0.29, 0.717) is 31.1 Å². The third-order valence-corrected chi connectivity index (χ3v) is 8.59. The summed E-state index contributed by atoms with van der Waals surface area (Å²) in [5.74, 6) is 0.337. The SMILES string of the molecule is CC1CCN(S(=O)(=O)c2ccc(C(=O)NCc3cccc(CN4CCOC(C)C4)c3)cc2)CC1. The van der Waals surface area contributed by atoms with Crippen molar-refractivity contribution in [1.29, 1.82) is 0 Å². The first-order valence-corrected chi connectivity index (χ1v) is 13.6. The molecule has 2 aliphatic rings. The number of amides is 1. The molecule has 2 aromatic carbocycles. The van der Waals surface area contributed by atoms with Crippen molar-refractivity contribution in [3.63, 3.8) is 0 Å². The molecule has 2 aromatic rings. The van der Waals surface area contributed by atoms with Crippen molar-refractivity contribution < 1.29 is 17.9 Å². The molecule has 0 aliphatic carbocycles. The van der Waals surface area contributed by atoms with Crippen LogP contribution in [-0.4, -0.2) is 62.4 Å². The Balaban J connectivity index is 1.33. The predicted octanol–water partition coefficient (Wildman–Crippen LogP) is 3.26. The van der Waals surface area contributed by atoms with E-state index in [1.165, 1.54) is 17.7 Å². The molecular weight excluding hydrogens is 450 g/mol. The van der Waals surface area contributed by atoms with Crippen LogP contribution in [0.2, 0.25) is 0 Å². The number of carbonyl (C=O) groups is 1. The lowest BCUT2D eigenvalue weighted by Gasteiger charge is -2.31. The Kier molecular flexibility index (Phi) is 8.03. The lowest BCUT2D eigenvalue weighted by atomic mass is 10.0. The highest BCUT2D eigenvalue weighted by Crippen LogP contribution is 2.23. The first-order chi connectivity index (χ1) is 16.3. The zero-order valence-electron chi connectivity index (χ0n) is 20.1. The highest BCUT2D eigenvalue weighted by Gasteiger charge is 2.28. The van der Waals surface area contributed by atoms with E-state index in [4.69, 9.17) is 4.74 Å². The molecule has 7 nitrogen and oxygen atoms in total. The average Bonchev–Trinajstić information content (AvgIpc) is 2.83.